The summed E-state index contributed by atoms with van der Waals surface area (Å²) in [6.45, 7) is 2.71. The lowest BCUT2D eigenvalue weighted by Gasteiger charge is -2.33. The van der Waals surface area contributed by atoms with Crippen LogP contribution in [0.25, 0.3) is 0 Å². The van der Waals surface area contributed by atoms with Crippen LogP contribution in [0.5, 0.6) is 0 Å². The summed E-state index contributed by atoms with van der Waals surface area (Å²) in [4.78, 5) is 28.1. The molecule has 0 unspecified atom stereocenters. The van der Waals surface area contributed by atoms with Gasteiger partial charge in [0, 0.05) is 42.7 Å². The molecule has 1 saturated heterocycles. The van der Waals surface area contributed by atoms with Gasteiger partial charge in [-0.15, -0.1) is 0 Å². The summed E-state index contributed by atoms with van der Waals surface area (Å²) < 4.78 is 0. The monoisotopic (exact) mass is 561 g/mol. The van der Waals surface area contributed by atoms with Gasteiger partial charge in [-0.05, 0) is 30.5 Å². The number of hydrogen-bond donors (Lipinski definition) is 2. The summed E-state index contributed by atoms with van der Waals surface area (Å²) in [5, 5.41) is 11.2. The molecule has 3 amide bonds. The largest absolute Gasteiger partial charge is 0.395 e. The van der Waals surface area contributed by atoms with Gasteiger partial charge in [-0.2, -0.15) is 11.8 Å². The standard InChI is InChI=1S/C18H20N2OS.C9H17NO2.C6H6/c21-18(19-11-13-22-14-12-19)20(17-9-5-2-6-10-17)15-16-7-3-1-4-8-16;11-7-6-10-9(12)8-4-2-1-3-5-8;1-2-4-6-5-3-1/h1-10H,11-15H2;8,11H,1-7H2,(H,10,12);1-6H. The molecule has 1 saturated carbocycles. The van der Waals surface area contributed by atoms with Gasteiger partial charge in [-0.1, -0.05) is 104 Å². The zero-order chi connectivity index (χ0) is 28.3. The SMILES string of the molecule is O=C(N1CCSCC1)N(Cc1ccccc1)c1ccccc1.O=C(NCCO)C1CCCCC1.c1ccccc1. The average Bonchev–Trinajstić information content (AvgIpc) is 3.05. The van der Waals surface area contributed by atoms with Crippen molar-refractivity contribution in [2.24, 2.45) is 5.92 Å². The number of aliphatic hydroxyl groups excluding tert-OH is 1. The van der Waals surface area contributed by atoms with E-state index in [4.69, 9.17) is 5.11 Å². The molecule has 2 N–H and O–H groups in total. The van der Waals surface area contributed by atoms with Gasteiger partial charge in [0.25, 0.3) is 0 Å². The lowest BCUT2D eigenvalue weighted by atomic mass is 9.89. The maximum absolute atomic E-state index is 12.9. The van der Waals surface area contributed by atoms with E-state index < -0.39 is 0 Å². The first-order chi connectivity index (χ1) is 19.7. The minimum absolute atomic E-state index is 0.0401. The van der Waals surface area contributed by atoms with E-state index in [1.165, 1.54) is 19.3 Å². The first-order valence-corrected chi connectivity index (χ1v) is 15.5. The zero-order valence-electron chi connectivity index (χ0n) is 23.4. The lowest BCUT2D eigenvalue weighted by Crippen LogP contribution is -2.46. The third-order valence-electron chi connectivity index (χ3n) is 6.82. The van der Waals surface area contributed by atoms with Crippen molar-refractivity contribution < 1.29 is 14.7 Å². The molecule has 3 aromatic rings. The molecule has 5 rings (SSSR count). The normalized spacial score (nSPS) is 15.0. The number of para-hydroxylation sites is 1. The van der Waals surface area contributed by atoms with E-state index >= 15 is 0 Å². The third-order valence-corrected chi connectivity index (χ3v) is 7.76. The van der Waals surface area contributed by atoms with Crippen LogP contribution >= 0.6 is 11.8 Å². The number of anilines is 1. The fraction of sp³-hybridized carbons (Fsp3) is 0.394. The summed E-state index contributed by atoms with van der Waals surface area (Å²) in [5.41, 5.74) is 2.10. The van der Waals surface area contributed by atoms with Crippen molar-refractivity contribution in [2.45, 2.75) is 38.6 Å². The Balaban J connectivity index is 0.000000204. The third kappa shape index (κ3) is 11.4. The Morgan fingerprint density at radius 1 is 0.800 bits per heavy atom. The predicted molar refractivity (Wildman–Crippen MR) is 166 cm³/mol. The number of thioether (sulfide) groups is 1. The molecule has 2 fully saturated rings. The second kappa shape index (κ2) is 18.9. The highest BCUT2D eigenvalue weighted by atomic mass is 32.2. The number of urea groups is 1. The van der Waals surface area contributed by atoms with Crippen molar-refractivity contribution in [3.05, 3.63) is 103 Å². The smallest absolute Gasteiger partial charge is 0.324 e. The number of amides is 3. The Kier molecular flexibility index (Phi) is 14.8. The Labute approximate surface area is 243 Å². The molecule has 1 heterocycles. The quantitative estimate of drug-likeness (QED) is 0.375. The van der Waals surface area contributed by atoms with Gasteiger partial charge in [0.1, 0.15) is 0 Å². The lowest BCUT2D eigenvalue weighted by molar-refractivity contribution is -0.126. The van der Waals surface area contributed by atoms with Gasteiger partial charge in [-0.3, -0.25) is 9.69 Å². The van der Waals surface area contributed by atoms with Gasteiger partial charge in [0.05, 0.1) is 13.2 Å². The van der Waals surface area contributed by atoms with Crippen molar-refractivity contribution in [1.29, 1.82) is 0 Å². The number of aliphatic hydroxyl groups is 1. The Morgan fingerprint density at radius 3 is 1.88 bits per heavy atom. The van der Waals surface area contributed by atoms with E-state index in [0.29, 0.717) is 13.1 Å². The maximum atomic E-state index is 12.9. The molecule has 40 heavy (non-hydrogen) atoms. The fourth-order valence-corrected chi connectivity index (χ4v) is 5.54. The van der Waals surface area contributed by atoms with Crippen molar-refractivity contribution in [3.8, 4) is 0 Å². The maximum Gasteiger partial charge on any atom is 0.324 e. The van der Waals surface area contributed by atoms with Crippen molar-refractivity contribution in [3.63, 3.8) is 0 Å². The van der Waals surface area contributed by atoms with E-state index in [-0.39, 0.29) is 24.5 Å². The van der Waals surface area contributed by atoms with Crippen LogP contribution in [0.1, 0.15) is 37.7 Å². The van der Waals surface area contributed by atoms with Crippen LogP contribution in [-0.2, 0) is 11.3 Å². The highest BCUT2D eigenvalue weighted by Crippen LogP contribution is 2.23. The molecule has 0 atom stereocenters. The Hall–Kier alpha value is -3.29. The number of nitrogens with one attached hydrogen (secondary N) is 1. The molecule has 0 bridgehead atoms. The zero-order valence-corrected chi connectivity index (χ0v) is 24.2. The van der Waals surface area contributed by atoms with Crippen LogP contribution in [-0.4, -0.2) is 59.7 Å². The summed E-state index contributed by atoms with van der Waals surface area (Å²) in [6, 6.07) is 32.2. The van der Waals surface area contributed by atoms with Crippen LogP contribution in [0.4, 0.5) is 10.5 Å². The van der Waals surface area contributed by atoms with Gasteiger partial charge in [0.2, 0.25) is 5.91 Å². The molecule has 1 aliphatic heterocycles. The van der Waals surface area contributed by atoms with Crippen molar-refractivity contribution in [1.82, 2.24) is 10.2 Å². The molecule has 0 aromatic heterocycles. The van der Waals surface area contributed by atoms with Crippen LogP contribution in [0.3, 0.4) is 0 Å². The molecule has 2 aliphatic rings. The van der Waals surface area contributed by atoms with E-state index in [1.54, 1.807) is 0 Å². The topological polar surface area (TPSA) is 72.9 Å². The molecule has 0 radical (unpaired) electrons. The Morgan fingerprint density at radius 2 is 1.32 bits per heavy atom. The fourth-order valence-electron chi connectivity index (χ4n) is 4.64. The molecule has 1 aliphatic carbocycles. The summed E-state index contributed by atoms with van der Waals surface area (Å²) >= 11 is 1.92. The minimum Gasteiger partial charge on any atom is -0.395 e. The van der Waals surface area contributed by atoms with Crippen LogP contribution in [0.2, 0.25) is 0 Å². The molecule has 6 nitrogen and oxygen atoms in total. The summed E-state index contributed by atoms with van der Waals surface area (Å²) in [5.74, 6) is 2.40. The molecule has 7 heteroatoms. The van der Waals surface area contributed by atoms with Gasteiger partial charge >= 0.3 is 6.03 Å². The summed E-state index contributed by atoms with van der Waals surface area (Å²) in [7, 11) is 0. The molecular weight excluding hydrogens is 518 g/mol. The van der Waals surface area contributed by atoms with E-state index in [2.05, 4.69) is 17.4 Å². The highest BCUT2D eigenvalue weighted by molar-refractivity contribution is 7.99. The van der Waals surface area contributed by atoms with Crippen LogP contribution in [0, 0.1) is 5.92 Å². The highest BCUT2D eigenvalue weighted by Gasteiger charge is 2.24. The predicted octanol–water partition coefficient (Wildman–Crippen LogP) is 6.22. The Bertz CT molecular complexity index is 1050. The van der Waals surface area contributed by atoms with Crippen LogP contribution in [0.15, 0.2) is 97.1 Å². The molecular formula is C33H43N3O3S. The number of carbonyl (C=O) groups excluding carboxylic acids is 2. The van der Waals surface area contributed by atoms with Gasteiger partial charge in [0.15, 0.2) is 0 Å². The van der Waals surface area contributed by atoms with E-state index in [0.717, 1.165) is 48.7 Å². The second-order valence-corrected chi connectivity index (χ2v) is 11.0. The average molecular weight is 562 g/mol. The number of hydrogen-bond acceptors (Lipinski definition) is 4. The minimum atomic E-state index is 0.0401. The number of carbonyl (C=O) groups is 2. The molecule has 214 valence electrons. The number of rotatable bonds is 6. The van der Waals surface area contributed by atoms with Gasteiger partial charge in [-0.25, -0.2) is 4.79 Å². The first-order valence-electron chi connectivity index (χ1n) is 14.3. The molecule has 3 aromatic carbocycles. The van der Waals surface area contributed by atoms with E-state index in [9.17, 15) is 9.59 Å². The van der Waals surface area contributed by atoms with Gasteiger partial charge < -0.3 is 15.3 Å². The first kappa shape index (κ1) is 31.2. The second-order valence-electron chi connectivity index (χ2n) is 9.79. The van der Waals surface area contributed by atoms with Crippen molar-refractivity contribution in [2.75, 3.05) is 42.6 Å². The number of nitrogens with zero attached hydrogens (tertiary/aromatic N) is 2. The summed E-state index contributed by atoms with van der Waals surface area (Å²) in [6.07, 6.45) is 5.67. The van der Waals surface area contributed by atoms with Crippen molar-refractivity contribution >= 4 is 29.4 Å². The number of benzene rings is 3. The van der Waals surface area contributed by atoms with E-state index in [1.807, 2.05) is 106 Å². The molecule has 0 spiro atoms. The van der Waals surface area contributed by atoms with Crippen LogP contribution < -0.4 is 10.2 Å².